The van der Waals surface area contributed by atoms with E-state index in [9.17, 15) is 9.59 Å². The molecule has 1 heterocycles. The maximum absolute atomic E-state index is 11.7. The summed E-state index contributed by atoms with van der Waals surface area (Å²) in [5.74, 6) is -0.398. The second-order valence-corrected chi connectivity index (χ2v) is 3.87. The lowest BCUT2D eigenvalue weighted by Gasteiger charge is -2.26. The molecule has 2 amide bonds. The first-order valence-electron chi connectivity index (χ1n) is 5.58. The number of ether oxygens (including phenoxy) is 1. The summed E-state index contributed by atoms with van der Waals surface area (Å²) >= 11 is 0. The first kappa shape index (κ1) is 13.7. The predicted octanol–water partition coefficient (Wildman–Crippen LogP) is -1.13. The van der Waals surface area contributed by atoms with Crippen LogP contribution in [0.25, 0.3) is 0 Å². The molecule has 1 rings (SSSR count). The van der Waals surface area contributed by atoms with E-state index >= 15 is 0 Å². The van der Waals surface area contributed by atoms with Crippen LogP contribution in [0, 0.1) is 0 Å². The predicted molar refractivity (Wildman–Crippen MR) is 63.2 cm³/mol. The van der Waals surface area contributed by atoms with Gasteiger partial charge in [-0.3, -0.25) is 9.59 Å². The van der Waals surface area contributed by atoms with E-state index in [0.29, 0.717) is 19.7 Å². The number of carbonyl (C=O) groups is 2. The van der Waals surface area contributed by atoms with Crippen LogP contribution in [0.1, 0.15) is 6.42 Å². The summed E-state index contributed by atoms with van der Waals surface area (Å²) in [6, 6.07) is 0. The van der Waals surface area contributed by atoms with Crippen molar-refractivity contribution >= 4 is 11.8 Å². The van der Waals surface area contributed by atoms with Crippen LogP contribution in [0.15, 0.2) is 11.6 Å². The molecule has 0 atom stereocenters. The monoisotopic (exact) mass is 241 g/mol. The summed E-state index contributed by atoms with van der Waals surface area (Å²) < 4.78 is 5.03. The normalized spacial score (nSPS) is 15.4. The van der Waals surface area contributed by atoms with Crippen molar-refractivity contribution in [3.05, 3.63) is 11.6 Å². The van der Waals surface area contributed by atoms with Gasteiger partial charge in [-0.05, 0) is 12.0 Å². The highest BCUT2D eigenvalue weighted by molar-refractivity contribution is 5.85. The molecule has 0 saturated carbocycles. The van der Waals surface area contributed by atoms with Crippen LogP contribution in [0.3, 0.4) is 0 Å². The minimum atomic E-state index is -0.314. The number of hydrogen-bond acceptors (Lipinski definition) is 4. The summed E-state index contributed by atoms with van der Waals surface area (Å²) in [5, 5.41) is 2.47. The molecule has 6 nitrogen and oxygen atoms in total. The highest BCUT2D eigenvalue weighted by atomic mass is 16.5. The number of nitrogens with two attached hydrogens (primary N) is 1. The fourth-order valence-electron chi connectivity index (χ4n) is 1.61. The van der Waals surface area contributed by atoms with Crippen LogP contribution in [0.5, 0.6) is 0 Å². The maximum Gasteiger partial charge on any atom is 0.242 e. The molecule has 3 N–H and O–H groups in total. The third-order valence-corrected chi connectivity index (χ3v) is 2.61. The fraction of sp³-hybridized carbons (Fsp3) is 0.636. The van der Waals surface area contributed by atoms with E-state index in [4.69, 9.17) is 10.5 Å². The summed E-state index contributed by atoms with van der Waals surface area (Å²) in [4.78, 5) is 24.3. The Morgan fingerprint density at radius 1 is 1.59 bits per heavy atom. The Balaban J connectivity index is 2.33. The molecule has 0 fully saturated rings. The molecular formula is C11H19N3O3. The molecule has 0 saturated heterocycles. The second kappa shape index (κ2) is 7.03. The van der Waals surface area contributed by atoms with Crippen LogP contribution in [0.2, 0.25) is 0 Å². The number of nitrogens with zero attached hydrogens (tertiary/aromatic N) is 1. The van der Waals surface area contributed by atoms with Crippen molar-refractivity contribution < 1.29 is 14.3 Å². The first-order valence-corrected chi connectivity index (χ1v) is 5.58. The number of carbonyl (C=O) groups excluding carboxylic acids is 2. The van der Waals surface area contributed by atoms with Gasteiger partial charge in [-0.25, -0.2) is 0 Å². The lowest BCUT2D eigenvalue weighted by Crippen LogP contribution is -2.43. The molecule has 0 spiro atoms. The lowest BCUT2D eigenvalue weighted by molar-refractivity contribution is -0.132. The van der Waals surface area contributed by atoms with Gasteiger partial charge in [0.05, 0.1) is 19.7 Å². The summed E-state index contributed by atoms with van der Waals surface area (Å²) in [7, 11) is 1.65. The summed E-state index contributed by atoms with van der Waals surface area (Å²) in [6.07, 6.45) is 2.82. The Labute approximate surface area is 101 Å². The highest BCUT2D eigenvalue weighted by Crippen LogP contribution is 2.10. The van der Waals surface area contributed by atoms with Crippen LogP contribution >= 0.6 is 0 Å². The van der Waals surface area contributed by atoms with Crippen LogP contribution in [0.4, 0.5) is 0 Å². The van der Waals surface area contributed by atoms with Gasteiger partial charge in [0.25, 0.3) is 0 Å². The van der Waals surface area contributed by atoms with Crippen molar-refractivity contribution in [3.8, 4) is 0 Å². The van der Waals surface area contributed by atoms with Gasteiger partial charge in [0.2, 0.25) is 11.8 Å². The molecule has 0 aromatic rings. The van der Waals surface area contributed by atoms with Gasteiger partial charge in [-0.15, -0.1) is 0 Å². The molecule has 1 aliphatic rings. The second-order valence-electron chi connectivity index (χ2n) is 3.87. The number of hydrogen-bond donors (Lipinski definition) is 2. The molecule has 6 heteroatoms. The molecule has 0 radical (unpaired) electrons. The van der Waals surface area contributed by atoms with E-state index in [2.05, 4.69) is 5.32 Å². The number of rotatable bonds is 5. The van der Waals surface area contributed by atoms with Crippen molar-refractivity contribution in [1.29, 1.82) is 0 Å². The molecular weight excluding hydrogens is 222 g/mol. The molecule has 0 aromatic carbocycles. The van der Waals surface area contributed by atoms with E-state index < -0.39 is 0 Å². The van der Waals surface area contributed by atoms with Crippen molar-refractivity contribution in [1.82, 2.24) is 10.2 Å². The standard InChI is InChI=1S/C11H19N3O3/c1-17-8-9-2-4-14(5-3-9)11(16)7-13-10(15)6-12/h2H,3-8,12H2,1H3,(H,13,15). The van der Waals surface area contributed by atoms with Crippen LogP contribution < -0.4 is 11.1 Å². The van der Waals surface area contributed by atoms with Gasteiger partial charge in [-0.2, -0.15) is 0 Å². The Morgan fingerprint density at radius 3 is 2.88 bits per heavy atom. The smallest absolute Gasteiger partial charge is 0.242 e. The quantitative estimate of drug-likeness (QED) is 0.596. The molecule has 0 aliphatic carbocycles. The largest absolute Gasteiger partial charge is 0.380 e. The molecule has 96 valence electrons. The van der Waals surface area contributed by atoms with Gasteiger partial charge in [0.1, 0.15) is 0 Å². The number of methoxy groups -OCH3 is 1. The van der Waals surface area contributed by atoms with Gasteiger partial charge < -0.3 is 20.7 Å². The molecule has 0 bridgehead atoms. The lowest BCUT2D eigenvalue weighted by atomic mass is 10.1. The minimum Gasteiger partial charge on any atom is -0.380 e. The van der Waals surface area contributed by atoms with Crippen molar-refractivity contribution in [2.24, 2.45) is 5.73 Å². The van der Waals surface area contributed by atoms with Crippen molar-refractivity contribution in [2.45, 2.75) is 6.42 Å². The third-order valence-electron chi connectivity index (χ3n) is 2.61. The van der Waals surface area contributed by atoms with Crippen molar-refractivity contribution in [3.63, 3.8) is 0 Å². The Bertz CT molecular complexity index is 315. The van der Waals surface area contributed by atoms with Gasteiger partial charge in [0, 0.05) is 20.2 Å². The summed E-state index contributed by atoms with van der Waals surface area (Å²) in [6.45, 7) is 1.79. The van der Waals surface area contributed by atoms with E-state index in [1.165, 1.54) is 5.57 Å². The van der Waals surface area contributed by atoms with Gasteiger partial charge >= 0.3 is 0 Å². The zero-order valence-corrected chi connectivity index (χ0v) is 10.1. The molecule has 0 unspecified atom stereocenters. The minimum absolute atomic E-state index is 0.0173. The average molecular weight is 241 g/mol. The number of nitrogens with one attached hydrogen (secondary N) is 1. The third kappa shape index (κ3) is 4.54. The Morgan fingerprint density at radius 2 is 2.35 bits per heavy atom. The maximum atomic E-state index is 11.7. The Hall–Kier alpha value is -1.40. The van der Waals surface area contributed by atoms with E-state index in [1.54, 1.807) is 12.0 Å². The Kier molecular flexibility index (Phi) is 5.65. The zero-order chi connectivity index (χ0) is 12.7. The molecule has 17 heavy (non-hydrogen) atoms. The van der Waals surface area contributed by atoms with E-state index in [-0.39, 0.29) is 24.9 Å². The van der Waals surface area contributed by atoms with E-state index in [0.717, 1.165) is 6.42 Å². The van der Waals surface area contributed by atoms with E-state index in [1.807, 2.05) is 6.08 Å². The SMILES string of the molecule is COCC1=CCN(C(=O)CNC(=O)CN)CC1. The van der Waals surface area contributed by atoms with Gasteiger partial charge in [-0.1, -0.05) is 6.08 Å². The molecule has 1 aliphatic heterocycles. The zero-order valence-electron chi connectivity index (χ0n) is 10.1. The highest BCUT2D eigenvalue weighted by Gasteiger charge is 2.17. The topological polar surface area (TPSA) is 84.7 Å². The number of amides is 2. The van der Waals surface area contributed by atoms with Crippen molar-refractivity contribution in [2.75, 3.05) is 39.9 Å². The van der Waals surface area contributed by atoms with Crippen LogP contribution in [-0.4, -0.2) is 56.6 Å². The fourth-order valence-corrected chi connectivity index (χ4v) is 1.61. The first-order chi connectivity index (χ1) is 8.17. The summed E-state index contributed by atoms with van der Waals surface area (Å²) in [5.41, 5.74) is 6.34. The molecule has 0 aromatic heterocycles. The average Bonchev–Trinajstić information content (AvgIpc) is 2.36. The van der Waals surface area contributed by atoms with Crippen LogP contribution in [-0.2, 0) is 14.3 Å². The van der Waals surface area contributed by atoms with Gasteiger partial charge in [0.15, 0.2) is 0 Å².